The summed E-state index contributed by atoms with van der Waals surface area (Å²) in [5.74, 6) is -0.674. The molecule has 0 heterocycles. The number of aliphatic hydroxyl groups is 1. The van der Waals surface area contributed by atoms with Gasteiger partial charge in [-0.15, -0.1) is 0 Å². The van der Waals surface area contributed by atoms with Crippen LogP contribution in [0.3, 0.4) is 0 Å². The molecule has 13 heavy (non-hydrogen) atoms. The Hall–Kier alpha value is 0.270. The van der Waals surface area contributed by atoms with Crippen LogP contribution in [0.4, 0.5) is 0 Å². The van der Waals surface area contributed by atoms with E-state index >= 15 is 0 Å². The summed E-state index contributed by atoms with van der Waals surface area (Å²) in [6, 6.07) is 0. The molecule has 1 N–H and O–H groups in total. The third-order valence-corrected chi connectivity index (χ3v) is 4.64. The molecular weight excluding hydrogens is 191 g/mol. The number of aliphatic hydroxyl groups excluding tert-OH is 1. The summed E-state index contributed by atoms with van der Waals surface area (Å²) in [5.41, 5.74) is 0. The van der Waals surface area contributed by atoms with Crippen LogP contribution in [0.5, 0.6) is 0 Å². The van der Waals surface area contributed by atoms with Gasteiger partial charge in [0.05, 0.1) is 0 Å². The Morgan fingerprint density at radius 2 is 1.31 bits per heavy atom. The van der Waals surface area contributed by atoms with E-state index in [2.05, 4.69) is 0 Å². The van der Waals surface area contributed by atoms with E-state index in [0.29, 0.717) is 19.8 Å². The van der Waals surface area contributed by atoms with Gasteiger partial charge in [-0.25, -0.2) is 0 Å². The average molecular weight is 212 g/mol. The van der Waals surface area contributed by atoms with E-state index in [1.807, 2.05) is 20.8 Å². The van der Waals surface area contributed by atoms with Gasteiger partial charge >= 0.3 is 80.0 Å². The molecule has 5 heteroatoms. The Bertz CT molecular complexity index is 112. The normalized spacial score (nSPS) is 15.8. The number of rotatable bonds is 7. The fraction of sp³-hybridized carbons (Fsp3) is 1.00. The summed E-state index contributed by atoms with van der Waals surface area (Å²) in [4.78, 5) is 0. The first kappa shape index (κ1) is 13.3. The molecule has 0 fully saturated rings. The van der Waals surface area contributed by atoms with Crippen LogP contribution >= 0.6 is 7.94 Å². The second-order valence-electron chi connectivity index (χ2n) is 2.58. The summed E-state index contributed by atoms with van der Waals surface area (Å²) in [5, 5.41) is 9.54. The van der Waals surface area contributed by atoms with Crippen molar-refractivity contribution in [1.82, 2.24) is 0 Å². The predicted octanol–water partition coefficient (Wildman–Crippen LogP) is 1.93. The molecule has 0 aromatic carbocycles. The van der Waals surface area contributed by atoms with E-state index in [1.54, 1.807) is 6.92 Å². The van der Waals surface area contributed by atoms with E-state index in [1.165, 1.54) is 0 Å². The Balaban J connectivity index is 4.38. The topological polar surface area (TPSA) is 47.9 Å². The van der Waals surface area contributed by atoms with Crippen LogP contribution in [0.15, 0.2) is 0 Å². The molecule has 82 valence electrons. The molecule has 0 spiro atoms. The van der Waals surface area contributed by atoms with Crippen molar-refractivity contribution in [3.05, 3.63) is 0 Å². The maximum absolute atomic E-state index is 9.54. The zero-order valence-electron chi connectivity index (χ0n) is 8.87. The minimum atomic E-state index is -2.82. The average Bonchev–Trinajstić information content (AvgIpc) is 2.05. The molecule has 1 atom stereocenters. The van der Waals surface area contributed by atoms with Gasteiger partial charge in [0.15, 0.2) is 0 Å². The summed E-state index contributed by atoms with van der Waals surface area (Å²) in [7, 11) is -2.82. The third-order valence-electron chi connectivity index (χ3n) is 1.55. The molecular formula is C8H21O4P. The number of hydrogen-bond donors (Lipinski definition) is 1. The second-order valence-corrected chi connectivity index (χ2v) is 5.49. The minimum absolute atomic E-state index is 0.497. The van der Waals surface area contributed by atoms with Crippen LogP contribution in [0, 0.1) is 0 Å². The summed E-state index contributed by atoms with van der Waals surface area (Å²) in [6.45, 7) is 8.73. The van der Waals surface area contributed by atoms with E-state index in [0.717, 1.165) is 0 Å². The Labute approximate surface area is 80.8 Å². The zero-order valence-corrected chi connectivity index (χ0v) is 9.87. The molecule has 0 aromatic rings. The fourth-order valence-electron chi connectivity index (χ4n) is 1.09. The summed E-state index contributed by atoms with van der Waals surface area (Å²) in [6.07, 6.45) is 0. The molecule has 0 amide bonds. The van der Waals surface area contributed by atoms with Crippen molar-refractivity contribution in [1.29, 1.82) is 0 Å². The van der Waals surface area contributed by atoms with Crippen molar-refractivity contribution >= 4 is 7.94 Å². The van der Waals surface area contributed by atoms with E-state index < -0.39 is 13.8 Å². The van der Waals surface area contributed by atoms with Crippen LogP contribution in [0.25, 0.3) is 0 Å². The zero-order chi connectivity index (χ0) is 10.3. The maximum atomic E-state index is 9.54. The van der Waals surface area contributed by atoms with E-state index in [4.69, 9.17) is 13.6 Å². The molecule has 4 nitrogen and oxygen atoms in total. The van der Waals surface area contributed by atoms with Crippen molar-refractivity contribution < 1.29 is 18.7 Å². The molecule has 0 saturated heterocycles. The monoisotopic (exact) mass is 212 g/mol. The molecule has 0 aromatic heterocycles. The van der Waals surface area contributed by atoms with Gasteiger partial charge < -0.3 is 0 Å². The molecule has 1 unspecified atom stereocenters. The van der Waals surface area contributed by atoms with Gasteiger partial charge in [-0.1, -0.05) is 0 Å². The standard InChI is InChI=1S/C8H21O4P/c1-5-10-13(8(4)9,11-6-2)12-7-3/h8-9,13H,5-7H2,1-4H3. The van der Waals surface area contributed by atoms with Crippen LogP contribution in [-0.2, 0) is 13.6 Å². The van der Waals surface area contributed by atoms with Crippen molar-refractivity contribution in [2.24, 2.45) is 0 Å². The van der Waals surface area contributed by atoms with E-state index in [9.17, 15) is 5.11 Å². The Morgan fingerprint density at radius 3 is 1.46 bits per heavy atom. The SMILES string of the molecule is CCO[PH](OCC)(OCC)C(C)O. The van der Waals surface area contributed by atoms with Crippen molar-refractivity contribution in [3.63, 3.8) is 0 Å². The van der Waals surface area contributed by atoms with Gasteiger partial charge in [0, 0.05) is 0 Å². The fourth-order valence-corrected chi connectivity index (χ4v) is 3.27. The van der Waals surface area contributed by atoms with Crippen LogP contribution in [0.1, 0.15) is 27.7 Å². The van der Waals surface area contributed by atoms with Gasteiger partial charge in [-0.3, -0.25) is 0 Å². The first-order valence-corrected chi connectivity index (χ1v) is 6.53. The first-order valence-electron chi connectivity index (χ1n) is 4.72. The molecule has 0 aliphatic carbocycles. The third kappa shape index (κ3) is 3.88. The number of hydrogen-bond acceptors (Lipinski definition) is 4. The second kappa shape index (κ2) is 6.68. The Kier molecular flexibility index (Phi) is 6.82. The van der Waals surface area contributed by atoms with Crippen LogP contribution < -0.4 is 0 Å². The van der Waals surface area contributed by atoms with Crippen molar-refractivity contribution in [2.75, 3.05) is 19.8 Å². The molecule has 0 aliphatic heterocycles. The van der Waals surface area contributed by atoms with E-state index in [-0.39, 0.29) is 0 Å². The quantitative estimate of drug-likeness (QED) is 0.655. The van der Waals surface area contributed by atoms with Crippen LogP contribution in [-0.4, -0.2) is 30.8 Å². The molecule has 0 saturated carbocycles. The molecule has 0 bridgehead atoms. The van der Waals surface area contributed by atoms with Crippen molar-refractivity contribution in [2.45, 2.75) is 33.5 Å². The summed E-state index contributed by atoms with van der Waals surface area (Å²) >= 11 is 0. The van der Waals surface area contributed by atoms with Gasteiger partial charge in [0.2, 0.25) is 0 Å². The van der Waals surface area contributed by atoms with Gasteiger partial charge in [0.25, 0.3) is 0 Å². The van der Waals surface area contributed by atoms with Crippen LogP contribution in [0.2, 0.25) is 0 Å². The summed E-state index contributed by atoms with van der Waals surface area (Å²) < 4.78 is 16.2. The predicted molar refractivity (Wildman–Crippen MR) is 54.9 cm³/mol. The molecule has 0 rings (SSSR count). The molecule has 0 radical (unpaired) electrons. The Morgan fingerprint density at radius 1 is 1.00 bits per heavy atom. The van der Waals surface area contributed by atoms with Gasteiger partial charge in [-0.2, -0.15) is 0 Å². The molecule has 0 aliphatic rings. The first-order chi connectivity index (χ1) is 6.13. The van der Waals surface area contributed by atoms with Crippen molar-refractivity contribution in [3.8, 4) is 0 Å². The van der Waals surface area contributed by atoms with Gasteiger partial charge in [-0.05, 0) is 0 Å². The van der Waals surface area contributed by atoms with Gasteiger partial charge in [0.1, 0.15) is 0 Å².